The average molecular weight is 378 g/mol. The molecule has 3 rings (SSSR count). The highest BCUT2D eigenvalue weighted by Crippen LogP contribution is 2.35. The predicted molar refractivity (Wildman–Crippen MR) is 93.5 cm³/mol. The lowest BCUT2D eigenvalue weighted by Crippen LogP contribution is -2.14. The number of aryl methyl sites for hydroxylation is 1. The van der Waals surface area contributed by atoms with E-state index in [4.69, 9.17) is 0 Å². The Morgan fingerprint density at radius 1 is 1.05 bits per heavy atom. The summed E-state index contributed by atoms with van der Waals surface area (Å²) >= 11 is 3.31. The van der Waals surface area contributed by atoms with E-state index in [0.717, 1.165) is 22.0 Å². The van der Waals surface area contributed by atoms with Crippen LogP contribution in [-0.2, 0) is 16.4 Å². The Labute approximate surface area is 139 Å². The van der Waals surface area contributed by atoms with Crippen LogP contribution in [0.4, 0.5) is 5.69 Å². The molecule has 0 heterocycles. The first-order chi connectivity index (χ1) is 10.4. The highest BCUT2D eigenvalue weighted by Gasteiger charge is 2.21. The minimum Gasteiger partial charge on any atom is -0.279 e. The topological polar surface area (TPSA) is 46.2 Å². The molecule has 1 aliphatic carbocycles. The molecule has 0 bridgehead atoms. The SMILES string of the molecule is CC1=CCc2c(NS(=O)(=O)c3ccc(Br)cc3)ccc(C)c21. The predicted octanol–water partition coefficient (Wildman–Crippen LogP) is 4.52. The van der Waals surface area contributed by atoms with Crippen molar-refractivity contribution in [3.05, 3.63) is 63.6 Å². The van der Waals surface area contributed by atoms with Crippen molar-refractivity contribution >= 4 is 37.2 Å². The van der Waals surface area contributed by atoms with Crippen LogP contribution in [0, 0.1) is 6.92 Å². The van der Waals surface area contributed by atoms with Gasteiger partial charge in [-0.1, -0.05) is 28.1 Å². The molecule has 0 aliphatic heterocycles. The van der Waals surface area contributed by atoms with Crippen molar-refractivity contribution in [1.82, 2.24) is 0 Å². The Hall–Kier alpha value is -1.59. The van der Waals surface area contributed by atoms with E-state index in [-0.39, 0.29) is 4.90 Å². The van der Waals surface area contributed by atoms with Gasteiger partial charge in [0, 0.05) is 4.47 Å². The van der Waals surface area contributed by atoms with E-state index in [1.165, 1.54) is 11.1 Å². The Morgan fingerprint density at radius 3 is 2.41 bits per heavy atom. The normalized spacial score (nSPS) is 13.7. The molecule has 0 aromatic heterocycles. The van der Waals surface area contributed by atoms with Gasteiger partial charge >= 0.3 is 0 Å². The van der Waals surface area contributed by atoms with E-state index in [0.29, 0.717) is 5.69 Å². The van der Waals surface area contributed by atoms with Gasteiger partial charge in [0.05, 0.1) is 10.6 Å². The van der Waals surface area contributed by atoms with Gasteiger partial charge in [0.15, 0.2) is 0 Å². The van der Waals surface area contributed by atoms with E-state index in [9.17, 15) is 8.42 Å². The molecular formula is C17H16BrNO2S. The summed E-state index contributed by atoms with van der Waals surface area (Å²) in [5.41, 5.74) is 5.26. The Kier molecular flexibility index (Phi) is 3.87. The minimum atomic E-state index is -3.58. The Bertz CT molecular complexity index is 868. The maximum atomic E-state index is 12.5. The quantitative estimate of drug-likeness (QED) is 0.854. The lowest BCUT2D eigenvalue weighted by atomic mass is 9.99. The largest absolute Gasteiger partial charge is 0.279 e. The monoisotopic (exact) mass is 377 g/mol. The fraction of sp³-hybridized carbons (Fsp3) is 0.176. The molecule has 114 valence electrons. The third-order valence-electron chi connectivity index (χ3n) is 3.90. The highest BCUT2D eigenvalue weighted by atomic mass is 79.9. The molecule has 2 aromatic rings. The lowest BCUT2D eigenvalue weighted by Gasteiger charge is -2.14. The van der Waals surface area contributed by atoms with E-state index < -0.39 is 10.0 Å². The molecule has 0 unspecified atom stereocenters. The number of allylic oxidation sites excluding steroid dienone is 2. The van der Waals surface area contributed by atoms with Crippen LogP contribution in [0.2, 0.25) is 0 Å². The number of benzene rings is 2. The maximum Gasteiger partial charge on any atom is 0.261 e. The summed E-state index contributed by atoms with van der Waals surface area (Å²) in [4.78, 5) is 0.257. The van der Waals surface area contributed by atoms with Gasteiger partial charge in [-0.2, -0.15) is 0 Å². The number of anilines is 1. The summed E-state index contributed by atoms with van der Waals surface area (Å²) in [7, 11) is -3.58. The Morgan fingerprint density at radius 2 is 1.73 bits per heavy atom. The molecule has 0 fully saturated rings. The van der Waals surface area contributed by atoms with Crippen molar-refractivity contribution in [2.45, 2.75) is 25.2 Å². The van der Waals surface area contributed by atoms with Gasteiger partial charge in [0.2, 0.25) is 0 Å². The molecule has 0 spiro atoms. The van der Waals surface area contributed by atoms with Gasteiger partial charge in [-0.3, -0.25) is 4.72 Å². The van der Waals surface area contributed by atoms with Crippen molar-refractivity contribution in [3.63, 3.8) is 0 Å². The molecular weight excluding hydrogens is 362 g/mol. The molecule has 3 nitrogen and oxygen atoms in total. The van der Waals surface area contributed by atoms with Crippen molar-refractivity contribution in [2.24, 2.45) is 0 Å². The van der Waals surface area contributed by atoms with Crippen LogP contribution in [0.25, 0.3) is 5.57 Å². The van der Waals surface area contributed by atoms with Crippen LogP contribution >= 0.6 is 15.9 Å². The second kappa shape index (κ2) is 5.56. The van der Waals surface area contributed by atoms with Gasteiger partial charge < -0.3 is 0 Å². The number of hydrogen-bond acceptors (Lipinski definition) is 2. The van der Waals surface area contributed by atoms with Crippen LogP contribution in [0.5, 0.6) is 0 Å². The van der Waals surface area contributed by atoms with Crippen LogP contribution in [0.1, 0.15) is 23.6 Å². The summed E-state index contributed by atoms with van der Waals surface area (Å²) in [6.45, 7) is 4.11. The summed E-state index contributed by atoms with van der Waals surface area (Å²) in [6.07, 6.45) is 2.90. The standard InChI is InChI=1S/C17H16BrNO2S/c1-11-3-9-15-16(10-4-12(2)17(11)15)19-22(20,21)14-7-5-13(18)6-8-14/h3-8,10,19H,9H2,1-2H3. The second-order valence-corrected chi connectivity index (χ2v) is 8.03. The van der Waals surface area contributed by atoms with E-state index in [1.807, 2.05) is 12.1 Å². The zero-order valence-corrected chi connectivity index (χ0v) is 14.8. The summed E-state index contributed by atoms with van der Waals surface area (Å²) in [6, 6.07) is 10.4. The van der Waals surface area contributed by atoms with Crippen molar-refractivity contribution in [1.29, 1.82) is 0 Å². The molecule has 1 N–H and O–H groups in total. The Balaban J connectivity index is 1.99. The molecule has 0 amide bonds. The number of nitrogens with one attached hydrogen (secondary N) is 1. The molecule has 22 heavy (non-hydrogen) atoms. The molecule has 0 saturated carbocycles. The third-order valence-corrected chi connectivity index (χ3v) is 5.81. The highest BCUT2D eigenvalue weighted by molar-refractivity contribution is 9.10. The zero-order valence-electron chi connectivity index (χ0n) is 12.4. The first-order valence-corrected chi connectivity index (χ1v) is 9.24. The van der Waals surface area contributed by atoms with Gasteiger partial charge in [0.1, 0.15) is 0 Å². The van der Waals surface area contributed by atoms with Crippen LogP contribution in [-0.4, -0.2) is 8.42 Å². The van der Waals surface area contributed by atoms with Crippen LogP contribution < -0.4 is 4.72 Å². The van der Waals surface area contributed by atoms with E-state index >= 15 is 0 Å². The average Bonchev–Trinajstić information content (AvgIpc) is 2.86. The second-order valence-electron chi connectivity index (χ2n) is 5.43. The molecule has 1 aliphatic rings. The number of hydrogen-bond donors (Lipinski definition) is 1. The lowest BCUT2D eigenvalue weighted by molar-refractivity contribution is 0.601. The number of halogens is 1. The minimum absolute atomic E-state index is 0.257. The van der Waals surface area contributed by atoms with Crippen molar-refractivity contribution in [3.8, 4) is 0 Å². The number of rotatable bonds is 3. The first-order valence-electron chi connectivity index (χ1n) is 6.96. The van der Waals surface area contributed by atoms with Crippen LogP contribution in [0.3, 0.4) is 0 Å². The smallest absolute Gasteiger partial charge is 0.261 e. The summed E-state index contributed by atoms with van der Waals surface area (Å²) < 4.78 is 28.6. The van der Waals surface area contributed by atoms with E-state index in [2.05, 4.69) is 40.6 Å². The van der Waals surface area contributed by atoms with E-state index in [1.54, 1.807) is 24.3 Å². The summed E-state index contributed by atoms with van der Waals surface area (Å²) in [5, 5.41) is 0. The van der Waals surface area contributed by atoms with Gasteiger partial charge in [-0.15, -0.1) is 0 Å². The fourth-order valence-electron chi connectivity index (χ4n) is 2.80. The van der Waals surface area contributed by atoms with Gasteiger partial charge in [-0.05, 0) is 72.9 Å². The van der Waals surface area contributed by atoms with Crippen molar-refractivity contribution in [2.75, 3.05) is 4.72 Å². The zero-order chi connectivity index (χ0) is 15.9. The maximum absolute atomic E-state index is 12.5. The molecule has 2 aromatic carbocycles. The van der Waals surface area contributed by atoms with Gasteiger partial charge in [0.25, 0.3) is 10.0 Å². The van der Waals surface area contributed by atoms with Gasteiger partial charge in [-0.25, -0.2) is 8.42 Å². The van der Waals surface area contributed by atoms with Crippen molar-refractivity contribution < 1.29 is 8.42 Å². The fourth-order valence-corrected chi connectivity index (χ4v) is 4.15. The molecule has 5 heteroatoms. The summed E-state index contributed by atoms with van der Waals surface area (Å²) in [5.74, 6) is 0. The number of sulfonamides is 1. The number of fused-ring (bicyclic) bond motifs is 1. The first kappa shape index (κ1) is 15.3. The third kappa shape index (κ3) is 2.71. The van der Waals surface area contributed by atoms with Crippen LogP contribution in [0.15, 0.2) is 51.8 Å². The molecule has 0 radical (unpaired) electrons. The molecule has 0 saturated heterocycles. The molecule has 0 atom stereocenters.